The molecule has 0 heterocycles. The van der Waals surface area contributed by atoms with Crippen molar-refractivity contribution in [3.8, 4) is 0 Å². The zero-order valence-corrected chi connectivity index (χ0v) is 6.94. The minimum absolute atomic E-state index is 0.292. The fourth-order valence-electron chi connectivity index (χ4n) is 0.575. The first kappa shape index (κ1) is 10.9. The van der Waals surface area contributed by atoms with E-state index < -0.39 is 11.7 Å². The first-order chi connectivity index (χ1) is 5.38. The standard InChI is InChI=1S/C8H10F3N/c1-4-12-7(3)5-6(2)8(9,10)11/h4-5H,2H2,1,3H3/b7-5+,12-4?. The highest BCUT2D eigenvalue weighted by Gasteiger charge is 2.30. The van der Waals surface area contributed by atoms with Gasteiger partial charge in [0.05, 0.1) is 5.57 Å². The van der Waals surface area contributed by atoms with Gasteiger partial charge in [-0.2, -0.15) is 13.2 Å². The van der Waals surface area contributed by atoms with Crippen molar-refractivity contribution in [1.82, 2.24) is 0 Å². The summed E-state index contributed by atoms with van der Waals surface area (Å²) in [7, 11) is 0. The average molecular weight is 177 g/mol. The maximum atomic E-state index is 11.9. The van der Waals surface area contributed by atoms with E-state index in [1.165, 1.54) is 13.1 Å². The number of hydrogen-bond acceptors (Lipinski definition) is 1. The van der Waals surface area contributed by atoms with E-state index in [2.05, 4.69) is 11.6 Å². The molecule has 4 heteroatoms. The number of aliphatic imine (C=N–C) groups is 1. The van der Waals surface area contributed by atoms with Crippen molar-refractivity contribution < 1.29 is 13.2 Å². The predicted molar refractivity (Wildman–Crippen MR) is 43.1 cm³/mol. The molecule has 0 aliphatic rings. The third-order valence-corrected chi connectivity index (χ3v) is 1.08. The SMILES string of the molecule is C=C(/C=C(\C)N=CC)C(F)(F)F. The van der Waals surface area contributed by atoms with Crippen molar-refractivity contribution in [3.05, 3.63) is 23.9 Å². The van der Waals surface area contributed by atoms with Gasteiger partial charge in [0.1, 0.15) is 0 Å². The van der Waals surface area contributed by atoms with Crippen molar-refractivity contribution in [2.24, 2.45) is 4.99 Å². The summed E-state index contributed by atoms with van der Waals surface area (Å²) in [5.41, 5.74) is -0.592. The normalized spacial score (nSPS) is 13.9. The lowest BCUT2D eigenvalue weighted by molar-refractivity contribution is -0.0878. The molecule has 0 aromatic rings. The molecule has 0 aromatic carbocycles. The predicted octanol–water partition coefficient (Wildman–Crippen LogP) is 3.10. The lowest BCUT2D eigenvalue weighted by Crippen LogP contribution is -2.08. The van der Waals surface area contributed by atoms with Gasteiger partial charge in [0.25, 0.3) is 0 Å². The van der Waals surface area contributed by atoms with Crippen LogP contribution in [-0.2, 0) is 0 Å². The summed E-state index contributed by atoms with van der Waals surface area (Å²) in [4.78, 5) is 3.65. The molecule has 0 fully saturated rings. The van der Waals surface area contributed by atoms with Crippen LogP contribution in [0, 0.1) is 0 Å². The minimum atomic E-state index is -4.36. The Balaban J connectivity index is 4.45. The maximum absolute atomic E-state index is 11.9. The lowest BCUT2D eigenvalue weighted by atomic mass is 10.2. The number of allylic oxidation sites excluding steroid dienone is 3. The van der Waals surface area contributed by atoms with Gasteiger partial charge < -0.3 is 0 Å². The van der Waals surface area contributed by atoms with Gasteiger partial charge in [-0.05, 0) is 19.9 Å². The Kier molecular flexibility index (Phi) is 3.73. The van der Waals surface area contributed by atoms with E-state index in [9.17, 15) is 13.2 Å². The Morgan fingerprint density at radius 3 is 2.25 bits per heavy atom. The molecule has 0 atom stereocenters. The molecule has 1 nitrogen and oxygen atoms in total. The van der Waals surface area contributed by atoms with Gasteiger partial charge in [0.15, 0.2) is 0 Å². The van der Waals surface area contributed by atoms with E-state index in [-0.39, 0.29) is 0 Å². The van der Waals surface area contributed by atoms with Crippen molar-refractivity contribution >= 4 is 6.21 Å². The van der Waals surface area contributed by atoms with Crippen LogP contribution in [0.25, 0.3) is 0 Å². The molecule has 0 aliphatic carbocycles. The molecule has 0 aliphatic heterocycles. The van der Waals surface area contributed by atoms with Crippen LogP contribution >= 0.6 is 0 Å². The second kappa shape index (κ2) is 4.09. The molecule has 0 bridgehead atoms. The lowest BCUT2D eigenvalue weighted by Gasteiger charge is -2.04. The molecule has 0 rings (SSSR count). The van der Waals surface area contributed by atoms with Gasteiger partial charge in [-0.1, -0.05) is 6.58 Å². The van der Waals surface area contributed by atoms with Crippen LogP contribution < -0.4 is 0 Å². The van der Waals surface area contributed by atoms with Gasteiger partial charge in [-0.25, -0.2) is 0 Å². The van der Waals surface area contributed by atoms with E-state index in [1.807, 2.05) is 0 Å². The minimum Gasteiger partial charge on any atom is -0.266 e. The van der Waals surface area contributed by atoms with Crippen LogP contribution in [0.2, 0.25) is 0 Å². The smallest absolute Gasteiger partial charge is 0.266 e. The Morgan fingerprint density at radius 1 is 1.42 bits per heavy atom. The van der Waals surface area contributed by atoms with Crippen molar-refractivity contribution in [3.63, 3.8) is 0 Å². The number of hydrogen-bond donors (Lipinski definition) is 0. The van der Waals surface area contributed by atoms with E-state index in [0.717, 1.165) is 6.08 Å². The molecule has 0 radical (unpaired) electrons. The van der Waals surface area contributed by atoms with E-state index in [4.69, 9.17) is 0 Å². The van der Waals surface area contributed by atoms with Gasteiger partial charge in [0, 0.05) is 11.9 Å². The summed E-state index contributed by atoms with van der Waals surface area (Å²) in [5.74, 6) is 0. The van der Waals surface area contributed by atoms with Crippen LogP contribution in [0.5, 0.6) is 0 Å². The van der Waals surface area contributed by atoms with Gasteiger partial charge in [-0.3, -0.25) is 4.99 Å². The van der Waals surface area contributed by atoms with Crippen LogP contribution in [0.15, 0.2) is 28.9 Å². The van der Waals surface area contributed by atoms with E-state index in [0.29, 0.717) is 5.70 Å². The zero-order chi connectivity index (χ0) is 9.78. The number of halogens is 3. The largest absolute Gasteiger partial charge is 0.415 e. The summed E-state index contributed by atoms with van der Waals surface area (Å²) in [6, 6.07) is 0. The molecule has 0 saturated heterocycles. The topological polar surface area (TPSA) is 12.4 Å². The summed E-state index contributed by atoms with van der Waals surface area (Å²) >= 11 is 0. The number of nitrogens with zero attached hydrogens (tertiary/aromatic N) is 1. The second-order valence-electron chi connectivity index (χ2n) is 2.20. The molecule has 12 heavy (non-hydrogen) atoms. The van der Waals surface area contributed by atoms with Crippen molar-refractivity contribution in [1.29, 1.82) is 0 Å². The fourth-order valence-corrected chi connectivity index (χ4v) is 0.575. The van der Waals surface area contributed by atoms with Crippen LogP contribution in [0.3, 0.4) is 0 Å². The van der Waals surface area contributed by atoms with E-state index in [1.54, 1.807) is 6.92 Å². The molecule has 0 spiro atoms. The fraction of sp³-hybridized carbons (Fsp3) is 0.375. The van der Waals surface area contributed by atoms with Crippen molar-refractivity contribution in [2.45, 2.75) is 20.0 Å². The summed E-state index contributed by atoms with van der Waals surface area (Å²) in [6.07, 6.45) is -2.03. The molecule has 0 unspecified atom stereocenters. The summed E-state index contributed by atoms with van der Waals surface area (Å²) < 4.78 is 35.6. The molecule has 0 aromatic heterocycles. The molecular weight excluding hydrogens is 167 g/mol. The Bertz CT molecular complexity index is 223. The molecule has 0 saturated carbocycles. The molecular formula is C8H10F3N. The highest BCUT2D eigenvalue weighted by atomic mass is 19.4. The monoisotopic (exact) mass is 177 g/mol. The summed E-state index contributed by atoms with van der Waals surface area (Å²) in [6.45, 7) is 5.99. The number of rotatable bonds is 2. The molecule has 68 valence electrons. The Morgan fingerprint density at radius 2 is 1.92 bits per heavy atom. The first-order valence-electron chi connectivity index (χ1n) is 3.31. The van der Waals surface area contributed by atoms with Crippen molar-refractivity contribution in [2.75, 3.05) is 0 Å². The van der Waals surface area contributed by atoms with Crippen LogP contribution in [-0.4, -0.2) is 12.4 Å². The van der Waals surface area contributed by atoms with Gasteiger partial charge in [0.2, 0.25) is 0 Å². The Hall–Kier alpha value is -1.06. The highest BCUT2D eigenvalue weighted by Crippen LogP contribution is 2.25. The second-order valence-corrected chi connectivity index (χ2v) is 2.20. The third-order valence-electron chi connectivity index (χ3n) is 1.08. The van der Waals surface area contributed by atoms with Crippen LogP contribution in [0.4, 0.5) is 13.2 Å². The van der Waals surface area contributed by atoms with Gasteiger partial charge in [-0.15, -0.1) is 0 Å². The third kappa shape index (κ3) is 3.95. The molecule has 0 N–H and O–H groups in total. The highest BCUT2D eigenvalue weighted by molar-refractivity contribution is 5.55. The number of alkyl halides is 3. The quantitative estimate of drug-likeness (QED) is 0.454. The van der Waals surface area contributed by atoms with Crippen LogP contribution in [0.1, 0.15) is 13.8 Å². The van der Waals surface area contributed by atoms with Gasteiger partial charge >= 0.3 is 6.18 Å². The first-order valence-corrected chi connectivity index (χ1v) is 3.31. The summed E-state index contributed by atoms with van der Waals surface area (Å²) in [5, 5.41) is 0. The zero-order valence-electron chi connectivity index (χ0n) is 6.94. The van der Waals surface area contributed by atoms with E-state index >= 15 is 0 Å². The maximum Gasteiger partial charge on any atom is 0.415 e. The molecule has 0 amide bonds. The average Bonchev–Trinajstić information content (AvgIpc) is 1.85. The Labute approximate surface area is 69.3 Å².